The van der Waals surface area contributed by atoms with E-state index in [1.54, 1.807) is 6.08 Å². The Kier molecular flexibility index (Phi) is 5.54. The Morgan fingerprint density at radius 3 is 2.50 bits per heavy atom. The maximum atomic E-state index is 11.4. The molecule has 0 bridgehead atoms. The van der Waals surface area contributed by atoms with E-state index in [1.165, 1.54) is 26.4 Å². The minimum atomic E-state index is -0.607. The lowest BCUT2D eigenvalue weighted by Crippen LogP contribution is -2.57. The molecule has 2 aliphatic rings. The molecular weight excluding hydrogens is 300 g/mol. The summed E-state index contributed by atoms with van der Waals surface area (Å²) in [5, 5.41) is 11.1. The first kappa shape index (κ1) is 19.5. The molecule has 0 unspecified atom stereocenters. The average molecular weight is 337 g/mol. The second kappa shape index (κ2) is 6.82. The van der Waals surface area contributed by atoms with Crippen LogP contribution in [0.25, 0.3) is 0 Å². The zero-order valence-electron chi connectivity index (χ0n) is 16.4. The van der Waals surface area contributed by atoms with Crippen molar-refractivity contribution in [2.45, 2.75) is 85.2 Å². The fourth-order valence-corrected chi connectivity index (χ4v) is 5.97. The number of methoxy groups -OCH3 is 1. The van der Waals surface area contributed by atoms with Gasteiger partial charge >= 0.3 is 5.97 Å². The van der Waals surface area contributed by atoms with E-state index in [0.29, 0.717) is 11.3 Å². The zero-order chi connectivity index (χ0) is 18.2. The molecule has 0 heterocycles. The molecule has 0 amide bonds. The number of aliphatic hydroxyl groups is 1. The molecule has 3 heteroatoms. The highest BCUT2D eigenvalue weighted by Crippen LogP contribution is 2.62. The van der Waals surface area contributed by atoms with Crippen molar-refractivity contribution in [3.8, 4) is 0 Å². The van der Waals surface area contributed by atoms with Crippen LogP contribution in [0.15, 0.2) is 11.6 Å². The van der Waals surface area contributed by atoms with Crippen molar-refractivity contribution in [2.24, 2.45) is 22.7 Å². The molecule has 0 aromatic carbocycles. The third kappa shape index (κ3) is 3.71. The van der Waals surface area contributed by atoms with Crippen LogP contribution < -0.4 is 0 Å². The maximum absolute atomic E-state index is 11.4. The molecule has 2 aliphatic carbocycles. The Morgan fingerprint density at radius 1 is 1.21 bits per heavy atom. The number of hydrogen-bond donors (Lipinski definition) is 1. The van der Waals surface area contributed by atoms with Crippen molar-refractivity contribution in [3.05, 3.63) is 11.6 Å². The van der Waals surface area contributed by atoms with Crippen molar-refractivity contribution < 1.29 is 14.6 Å². The van der Waals surface area contributed by atoms with Gasteiger partial charge in [-0.3, -0.25) is 0 Å². The molecule has 0 aromatic rings. The van der Waals surface area contributed by atoms with Crippen LogP contribution in [0.1, 0.15) is 79.6 Å². The minimum Gasteiger partial charge on any atom is -0.466 e. The van der Waals surface area contributed by atoms with Gasteiger partial charge in [0.15, 0.2) is 0 Å². The predicted octanol–water partition coefficient (Wildman–Crippen LogP) is 4.88. The van der Waals surface area contributed by atoms with Gasteiger partial charge in [0, 0.05) is 6.08 Å². The molecule has 24 heavy (non-hydrogen) atoms. The van der Waals surface area contributed by atoms with Gasteiger partial charge in [-0.1, -0.05) is 32.8 Å². The van der Waals surface area contributed by atoms with E-state index in [1.807, 2.05) is 13.8 Å². The van der Waals surface area contributed by atoms with Gasteiger partial charge in [0.1, 0.15) is 0 Å². The summed E-state index contributed by atoms with van der Waals surface area (Å²) in [5.41, 5.74) is 0.983. The Labute approximate surface area is 147 Å². The molecular formula is C21H36O3. The summed E-state index contributed by atoms with van der Waals surface area (Å²) in [6.45, 7) is 11.2. The van der Waals surface area contributed by atoms with Crippen LogP contribution in [0.5, 0.6) is 0 Å². The second-order valence-electron chi connectivity index (χ2n) is 9.40. The highest BCUT2D eigenvalue weighted by Gasteiger charge is 2.57. The molecule has 2 rings (SSSR count). The van der Waals surface area contributed by atoms with Crippen LogP contribution in [0.2, 0.25) is 0 Å². The monoisotopic (exact) mass is 336 g/mol. The quantitative estimate of drug-likeness (QED) is 0.588. The number of hydrogen-bond acceptors (Lipinski definition) is 3. The summed E-state index contributed by atoms with van der Waals surface area (Å²) in [6.07, 6.45) is 9.15. The van der Waals surface area contributed by atoms with Gasteiger partial charge in [-0.2, -0.15) is 0 Å². The smallest absolute Gasteiger partial charge is 0.330 e. The van der Waals surface area contributed by atoms with Crippen LogP contribution in [0.4, 0.5) is 0 Å². The summed E-state index contributed by atoms with van der Waals surface area (Å²) in [6, 6.07) is 0. The first-order valence-electron chi connectivity index (χ1n) is 9.50. The number of rotatable bonds is 4. The molecule has 0 spiro atoms. The van der Waals surface area contributed by atoms with Crippen molar-refractivity contribution >= 4 is 5.97 Å². The predicted molar refractivity (Wildman–Crippen MR) is 97.6 cm³/mol. The number of fused-ring (bicyclic) bond motifs is 1. The van der Waals surface area contributed by atoms with Gasteiger partial charge in [-0.15, -0.1) is 0 Å². The fourth-order valence-electron chi connectivity index (χ4n) is 5.97. The molecule has 0 radical (unpaired) electrons. The Bertz CT molecular complexity index is 503. The van der Waals surface area contributed by atoms with Gasteiger partial charge < -0.3 is 9.84 Å². The topological polar surface area (TPSA) is 46.5 Å². The van der Waals surface area contributed by atoms with E-state index in [9.17, 15) is 9.90 Å². The molecule has 1 N–H and O–H groups in total. The highest BCUT2D eigenvalue weighted by molar-refractivity contribution is 5.82. The van der Waals surface area contributed by atoms with Crippen molar-refractivity contribution in [2.75, 3.05) is 7.11 Å². The summed E-state index contributed by atoms with van der Waals surface area (Å²) in [4.78, 5) is 11.4. The van der Waals surface area contributed by atoms with Crippen LogP contribution in [-0.2, 0) is 9.53 Å². The Morgan fingerprint density at radius 2 is 1.88 bits per heavy atom. The summed E-state index contributed by atoms with van der Waals surface area (Å²) in [5.74, 6) is 0.670. The van der Waals surface area contributed by atoms with E-state index in [2.05, 4.69) is 20.8 Å². The molecule has 0 aromatic heterocycles. The standard InChI is InChI=1S/C21H36O3/c1-15(14-18(22)24-6)8-9-17-20(4)12-7-11-19(2,3)16(20)10-13-21(17,5)23/h14,16-17,23H,7-13H2,1-6H3/b15-14+/t16-,17+,20+,21-/m0/s1. The fraction of sp³-hybridized carbons (Fsp3) is 0.857. The number of allylic oxidation sites excluding steroid dienone is 1. The molecule has 2 fully saturated rings. The molecule has 3 nitrogen and oxygen atoms in total. The van der Waals surface area contributed by atoms with Crippen molar-refractivity contribution in [3.63, 3.8) is 0 Å². The first-order chi connectivity index (χ1) is 11.0. The average Bonchev–Trinajstić information content (AvgIpc) is 2.44. The molecule has 4 atom stereocenters. The van der Waals surface area contributed by atoms with E-state index >= 15 is 0 Å². The normalized spacial score (nSPS) is 39.2. The van der Waals surface area contributed by atoms with Crippen LogP contribution in [0, 0.1) is 22.7 Å². The third-order valence-electron chi connectivity index (χ3n) is 7.15. The minimum absolute atomic E-state index is 0.190. The van der Waals surface area contributed by atoms with Gasteiger partial charge in [-0.05, 0) is 75.0 Å². The van der Waals surface area contributed by atoms with E-state index in [0.717, 1.165) is 31.3 Å². The number of ether oxygens (including phenoxy) is 1. The Balaban J connectivity index is 2.21. The van der Waals surface area contributed by atoms with Crippen LogP contribution >= 0.6 is 0 Å². The number of carbonyl (C=O) groups is 1. The van der Waals surface area contributed by atoms with E-state index in [4.69, 9.17) is 4.74 Å². The lowest BCUT2D eigenvalue weighted by molar-refractivity contribution is -0.168. The summed E-state index contributed by atoms with van der Waals surface area (Å²) >= 11 is 0. The SMILES string of the molecule is COC(=O)/C=C(\C)CC[C@@H]1[C@]2(C)CCCC(C)(C)[C@@H]2CC[C@]1(C)O. The van der Waals surface area contributed by atoms with E-state index in [-0.39, 0.29) is 17.3 Å². The number of carbonyl (C=O) groups excluding carboxylic acids is 1. The molecule has 2 saturated carbocycles. The van der Waals surface area contributed by atoms with Gasteiger partial charge in [0.05, 0.1) is 12.7 Å². The zero-order valence-corrected chi connectivity index (χ0v) is 16.4. The molecule has 138 valence electrons. The first-order valence-corrected chi connectivity index (χ1v) is 9.50. The number of esters is 1. The highest BCUT2D eigenvalue weighted by atomic mass is 16.5. The summed E-state index contributed by atoms with van der Waals surface area (Å²) in [7, 11) is 1.41. The second-order valence-corrected chi connectivity index (χ2v) is 9.40. The van der Waals surface area contributed by atoms with Crippen molar-refractivity contribution in [1.29, 1.82) is 0 Å². The lowest BCUT2D eigenvalue weighted by atomic mass is 9.45. The maximum Gasteiger partial charge on any atom is 0.330 e. The molecule has 0 saturated heterocycles. The van der Waals surface area contributed by atoms with Gasteiger partial charge in [0.2, 0.25) is 0 Å². The largest absolute Gasteiger partial charge is 0.466 e. The summed E-state index contributed by atoms with van der Waals surface area (Å²) < 4.78 is 4.72. The lowest BCUT2D eigenvalue weighted by Gasteiger charge is -2.61. The van der Waals surface area contributed by atoms with Crippen molar-refractivity contribution in [1.82, 2.24) is 0 Å². The van der Waals surface area contributed by atoms with Gasteiger partial charge in [-0.25, -0.2) is 4.79 Å². The third-order valence-corrected chi connectivity index (χ3v) is 7.15. The van der Waals surface area contributed by atoms with Crippen LogP contribution in [0.3, 0.4) is 0 Å². The van der Waals surface area contributed by atoms with Gasteiger partial charge in [0.25, 0.3) is 0 Å². The van der Waals surface area contributed by atoms with E-state index < -0.39 is 5.60 Å². The van der Waals surface area contributed by atoms with Crippen LogP contribution in [-0.4, -0.2) is 23.8 Å². The Hall–Kier alpha value is -0.830. The molecule has 0 aliphatic heterocycles.